The van der Waals surface area contributed by atoms with E-state index in [0.717, 1.165) is 22.7 Å². The van der Waals surface area contributed by atoms with E-state index in [1.807, 2.05) is 4.90 Å². The van der Waals surface area contributed by atoms with Crippen molar-refractivity contribution in [3.63, 3.8) is 0 Å². The minimum absolute atomic E-state index is 0.0215. The first-order valence-corrected chi connectivity index (χ1v) is 16.2. The second-order valence-electron chi connectivity index (χ2n) is 13.2. The number of aryl methyl sites for hydroxylation is 1. The average Bonchev–Trinajstić information content (AvgIpc) is 3.47. The number of anilines is 2. The number of halogens is 3. The molecule has 14 heteroatoms. The predicted molar refractivity (Wildman–Crippen MR) is 179 cm³/mol. The fourth-order valence-corrected chi connectivity index (χ4v) is 6.42. The van der Waals surface area contributed by atoms with Crippen LogP contribution in [0.3, 0.4) is 0 Å². The minimum atomic E-state index is -4.56. The lowest BCUT2D eigenvalue weighted by molar-refractivity contribution is -0.138. The Kier molecular flexibility index (Phi) is 8.75. The Morgan fingerprint density at radius 3 is 2.35 bits per heavy atom. The number of piperidine rings is 1. The average molecular weight is 699 g/mol. The van der Waals surface area contributed by atoms with Crippen LogP contribution >= 0.6 is 0 Å². The summed E-state index contributed by atoms with van der Waals surface area (Å²) in [6, 6.07) is 6.90. The summed E-state index contributed by atoms with van der Waals surface area (Å²) in [5, 5.41) is 9.50. The molecular weight excluding hydrogens is 665 g/mol. The third kappa shape index (κ3) is 6.34. The number of benzene rings is 2. The number of fused-ring (bicyclic) bond motifs is 1. The van der Waals surface area contributed by atoms with E-state index in [1.165, 1.54) is 13.0 Å². The van der Waals surface area contributed by atoms with Gasteiger partial charge in [-0.25, -0.2) is 0 Å². The van der Waals surface area contributed by atoms with Crippen LogP contribution in [-0.2, 0) is 26.1 Å². The van der Waals surface area contributed by atoms with Crippen LogP contribution in [0.5, 0.6) is 0 Å². The van der Waals surface area contributed by atoms with Crippen LogP contribution in [0.1, 0.15) is 82.4 Å². The number of nitrogens with zero attached hydrogens (tertiary/aromatic N) is 4. The Bertz CT molecular complexity index is 2160. The van der Waals surface area contributed by atoms with Gasteiger partial charge in [-0.15, -0.1) is 5.92 Å². The molecule has 11 nitrogen and oxygen atoms in total. The van der Waals surface area contributed by atoms with Gasteiger partial charge in [0.05, 0.1) is 45.2 Å². The van der Waals surface area contributed by atoms with Gasteiger partial charge in [-0.3, -0.25) is 38.9 Å². The number of aromatic nitrogens is 2. The molecule has 3 aliphatic heterocycles. The highest BCUT2D eigenvalue weighted by Gasteiger charge is 2.45. The van der Waals surface area contributed by atoms with Gasteiger partial charge in [-0.1, -0.05) is 17.8 Å². The molecule has 2 aromatic carbocycles. The first kappa shape index (κ1) is 35.0. The summed E-state index contributed by atoms with van der Waals surface area (Å²) in [6.45, 7) is 9.48. The first-order valence-electron chi connectivity index (χ1n) is 16.2. The Morgan fingerprint density at radius 1 is 0.980 bits per heavy atom. The summed E-state index contributed by atoms with van der Waals surface area (Å²) in [6.07, 6.45) is -4.44. The monoisotopic (exact) mass is 698 g/mol. The van der Waals surface area contributed by atoms with Crippen molar-refractivity contribution >= 4 is 40.9 Å². The Balaban J connectivity index is 1.13. The van der Waals surface area contributed by atoms with Crippen molar-refractivity contribution in [3.05, 3.63) is 75.6 Å². The maximum Gasteiger partial charge on any atom is 0.416 e. The third-order valence-corrected chi connectivity index (χ3v) is 9.30. The van der Waals surface area contributed by atoms with E-state index < -0.39 is 52.9 Å². The molecule has 0 saturated carbocycles. The number of nitrogens with one attached hydrogen (secondary N) is 2. The summed E-state index contributed by atoms with van der Waals surface area (Å²) < 4.78 is 41.4. The van der Waals surface area contributed by atoms with E-state index in [9.17, 15) is 37.1 Å². The summed E-state index contributed by atoms with van der Waals surface area (Å²) >= 11 is 0. The molecule has 3 aromatic rings. The van der Waals surface area contributed by atoms with Gasteiger partial charge in [0.2, 0.25) is 11.8 Å². The smallest absolute Gasteiger partial charge is 0.369 e. The zero-order chi connectivity index (χ0) is 37.0. The molecule has 0 bridgehead atoms. The second-order valence-corrected chi connectivity index (χ2v) is 13.2. The largest absolute Gasteiger partial charge is 0.416 e. The zero-order valence-corrected chi connectivity index (χ0v) is 28.4. The summed E-state index contributed by atoms with van der Waals surface area (Å²) in [5.41, 5.74) is 1.11. The number of amides is 5. The highest BCUT2D eigenvalue weighted by molar-refractivity contribution is 6.23. The van der Waals surface area contributed by atoms with E-state index in [4.69, 9.17) is 0 Å². The first-order chi connectivity index (χ1) is 24.0. The molecule has 3 aliphatic rings. The maximum atomic E-state index is 13.5. The lowest BCUT2D eigenvalue weighted by Crippen LogP contribution is -2.54. The molecule has 2 saturated heterocycles. The van der Waals surface area contributed by atoms with Gasteiger partial charge < -0.3 is 10.2 Å². The fourth-order valence-electron chi connectivity index (χ4n) is 6.42. The van der Waals surface area contributed by atoms with Crippen LogP contribution in [-0.4, -0.2) is 63.3 Å². The van der Waals surface area contributed by atoms with Crippen molar-refractivity contribution in [1.82, 2.24) is 20.0 Å². The van der Waals surface area contributed by atoms with E-state index >= 15 is 0 Å². The van der Waals surface area contributed by atoms with Crippen molar-refractivity contribution in [2.45, 2.75) is 65.2 Å². The van der Waals surface area contributed by atoms with Gasteiger partial charge in [0.1, 0.15) is 11.6 Å². The van der Waals surface area contributed by atoms with Crippen LogP contribution in [0.4, 0.5) is 24.5 Å². The van der Waals surface area contributed by atoms with Crippen molar-refractivity contribution < 1.29 is 37.1 Å². The molecule has 2 N–H and O–H groups in total. The Morgan fingerprint density at radius 2 is 1.69 bits per heavy atom. The van der Waals surface area contributed by atoms with Gasteiger partial charge in [0.25, 0.3) is 17.7 Å². The van der Waals surface area contributed by atoms with E-state index in [0.29, 0.717) is 30.0 Å². The van der Waals surface area contributed by atoms with Crippen LogP contribution in [0.2, 0.25) is 0 Å². The minimum Gasteiger partial charge on any atom is -0.369 e. The molecule has 4 heterocycles. The highest BCUT2D eigenvalue weighted by atomic mass is 19.4. The molecule has 0 spiro atoms. The molecule has 51 heavy (non-hydrogen) atoms. The van der Waals surface area contributed by atoms with Gasteiger partial charge in [0, 0.05) is 30.8 Å². The van der Waals surface area contributed by atoms with Crippen molar-refractivity contribution in [1.29, 1.82) is 0 Å². The number of hydrogen-bond acceptors (Lipinski definition) is 7. The van der Waals surface area contributed by atoms with Crippen LogP contribution in [0.25, 0.3) is 0 Å². The molecule has 6 rings (SSSR count). The third-order valence-electron chi connectivity index (χ3n) is 9.30. The van der Waals surface area contributed by atoms with E-state index in [2.05, 4.69) is 39.4 Å². The molecular formula is C37H33F3N6O5. The quantitative estimate of drug-likeness (QED) is 0.302. The second kappa shape index (κ2) is 12.8. The standard InChI is InChI=1S/C37H33F3N6O5/c1-6-7-23-16-24(37(38,39)40)9-13-29(23)41-35(51)36(4,5)46-21(3)26(20(2)43-46)11-8-22-18-44(19-22)25-10-12-27-28(17-25)34(50)45(33(27)49)30-14-15-31(47)42-32(30)48/h9-10,12-13,16-17,22,30H,14-15,18-19H2,1-5H3,(H,41,51)(H,42,47,48). The maximum absolute atomic E-state index is 13.5. The Labute approximate surface area is 291 Å². The van der Waals surface area contributed by atoms with Crippen molar-refractivity contribution in [2.24, 2.45) is 5.92 Å². The van der Waals surface area contributed by atoms with Gasteiger partial charge in [0.15, 0.2) is 0 Å². The number of carbonyl (C=O) groups excluding carboxylic acids is 5. The molecule has 1 aromatic heterocycles. The number of rotatable bonds is 5. The van der Waals surface area contributed by atoms with E-state index in [1.54, 1.807) is 50.6 Å². The number of hydrogen-bond donors (Lipinski definition) is 2. The normalized spacial score (nSPS) is 17.6. The molecule has 1 unspecified atom stereocenters. The fraction of sp³-hybridized carbons (Fsp3) is 0.351. The molecule has 2 fully saturated rings. The molecule has 262 valence electrons. The van der Waals surface area contributed by atoms with Crippen LogP contribution < -0.4 is 15.5 Å². The van der Waals surface area contributed by atoms with Crippen molar-refractivity contribution in [3.8, 4) is 23.7 Å². The Hall–Kier alpha value is -5.89. The predicted octanol–water partition coefficient (Wildman–Crippen LogP) is 4.15. The molecule has 1 atom stereocenters. The SMILES string of the molecule is CC#Cc1cc(C(F)(F)F)ccc1NC(=O)C(C)(C)n1nc(C)c(C#CC2CN(c3ccc4c(c3)C(=O)N(C3CCC(=O)NC3=O)C4=O)C2)c1C. The van der Waals surface area contributed by atoms with Gasteiger partial charge >= 0.3 is 6.18 Å². The number of carbonyl (C=O) groups is 5. The van der Waals surface area contributed by atoms with Crippen molar-refractivity contribution in [2.75, 3.05) is 23.3 Å². The lowest BCUT2D eigenvalue weighted by atomic mass is 9.98. The summed E-state index contributed by atoms with van der Waals surface area (Å²) in [7, 11) is 0. The lowest BCUT2D eigenvalue weighted by Gasteiger charge is -2.38. The molecule has 0 radical (unpaired) electrons. The van der Waals surface area contributed by atoms with Crippen LogP contribution in [0.15, 0.2) is 36.4 Å². The number of imide groups is 2. The summed E-state index contributed by atoms with van der Waals surface area (Å²) in [4.78, 5) is 66.6. The highest BCUT2D eigenvalue weighted by Crippen LogP contribution is 2.34. The summed E-state index contributed by atoms with van der Waals surface area (Å²) in [5.74, 6) is 8.92. The van der Waals surface area contributed by atoms with Gasteiger partial charge in [-0.2, -0.15) is 18.3 Å². The molecule has 0 aliphatic carbocycles. The number of alkyl halides is 3. The van der Waals surface area contributed by atoms with Crippen LogP contribution in [0, 0.1) is 43.4 Å². The topological polar surface area (TPSA) is 134 Å². The van der Waals surface area contributed by atoms with Gasteiger partial charge in [-0.05, 0) is 77.4 Å². The zero-order valence-electron chi connectivity index (χ0n) is 28.4. The van der Waals surface area contributed by atoms with E-state index in [-0.39, 0.29) is 41.1 Å². The molecule has 5 amide bonds.